The second-order valence-corrected chi connectivity index (χ2v) is 6.82. The molecule has 1 aliphatic heterocycles. The zero-order valence-corrected chi connectivity index (χ0v) is 13.7. The number of hydrogen-bond acceptors (Lipinski definition) is 7. The molecule has 0 radical (unpaired) electrons. The molecule has 0 aliphatic carbocycles. The highest BCUT2D eigenvalue weighted by Crippen LogP contribution is 2.32. The fourth-order valence-electron chi connectivity index (χ4n) is 2.33. The molecular weight excluding hydrogens is 346 g/mol. The molecule has 0 saturated heterocycles. The minimum atomic E-state index is -3.83. The molecule has 0 amide bonds. The maximum atomic E-state index is 12.6. The van der Waals surface area contributed by atoms with Gasteiger partial charge in [-0.1, -0.05) is 0 Å². The highest BCUT2D eigenvalue weighted by atomic mass is 32.2. The van der Waals surface area contributed by atoms with Crippen LogP contribution in [0.4, 0.5) is 5.82 Å². The van der Waals surface area contributed by atoms with Crippen LogP contribution in [0.5, 0.6) is 11.5 Å². The first kappa shape index (κ1) is 15.4. The molecule has 0 spiro atoms. The Bertz CT molecular complexity index is 1000. The number of rotatable bonds is 4. The average Bonchev–Trinajstić information content (AvgIpc) is 3.16. The monoisotopic (exact) mass is 359 g/mol. The molecule has 0 unspecified atom stereocenters. The van der Waals surface area contributed by atoms with Gasteiger partial charge in [-0.25, -0.2) is 23.4 Å². The summed E-state index contributed by atoms with van der Waals surface area (Å²) < 4.78 is 40.1. The quantitative estimate of drug-likeness (QED) is 0.746. The van der Waals surface area contributed by atoms with E-state index in [1.54, 1.807) is 29.4 Å². The van der Waals surface area contributed by atoms with Crippen LogP contribution in [0.2, 0.25) is 0 Å². The van der Waals surface area contributed by atoms with Gasteiger partial charge in [-0.2, -0.15) is 0 Å². The van der Waals surface area contributed by atoms with Crippen LogP contribution >= 0.6 is 0 Å². The summed E-state index contributed by atoms with van der Waals surface area (Å²) in [4.78, 5) is 12.0. The van der Waals surface area contributed by atoms with Crippen molar-refractivity contribution in [3.63, 3.8) is 0 Å². The highest BCUT2D eigenvalue weighted by molar-refractivity contribution is 7.92. The van der Waals surface area contributed by atoms with Gasteiger partial charge in [0, 0.05) is 24.5 Å². The van der Waals surface area contributed by atoms with E-state index in [0.717, 1.165) is 0 Å². The molecular formula is C15H13N5O4S. The van der Waals surface area contributed by atoms with E-state index in [1.165, 1.54) is 24.5 Å². The number of sulfonamides is 1. The molecule has 1 aromatic carbocycles. The minimum Gasteiger partial charge on any atom is -0.486 e. The second kappa shape index (κ2) is 6.06. The standard InChI is InChI=1S/C15H13N5O4S/c21-25(22,11-1-2-12-13(7-11)24-6-5-23-12)19-14-8-15(18-9-17-14)20-4-3-16-10-20/h1-4,7-10H,5-6H2,(H,17,18,19). The lowest BCUT2D eigenvalue weighted by Gasteiger charge is -2.19. The molecule has 1 N–H and O–H groups in total. The Hall–Kier alpha value is -3.14. The lowest BCUT2D eigenvalue weighted by Crippen LogP contribution is -2.18. The molecule has 128 valence electrons. The Morgan fingerprint density at radius 3 is 2.72 bits per heavy atom. The molecule has 0 fully saturated rings. The van der Waals surface area contributed by atoms with Gasteiger partial charge >= 0.3 is 0 Å². The van der Waals surface area contributed by atoms with Gasteiger partial charge in [-0.3, -0.25) is 9.29 Å². The number of nitrogens with zero attached hydrogens (tertiary/aromatic N) is 4. The van der Waals surface area contributed by atoms with Crippen LogP contribution in [0, 0.1) is 0 Å². The van der Waals surface area contributed by atoms with Gasteiger partial charge in [-0.15, -0.1) is 0 Å². The molecule has 9 nitrogen and oxygen atoms in total. The van der Waals surface area contributed by atoms with Gasteiger partial charge in [0.2, 0.25) is 0 Å². The van der Waals surface area contributed by atoms with Crippen LogP contribution in [0.15, 0.2) is 54.2 Å². The van der Waals surface area contributed by atoms with Crippen molar-refractivity contribution in [2.45, 2.75) is 4.90 Å². The fourth-order valence-corrected chi connectivity index (χ4v) is 3.34. The van der Waals surface area contributed by atoms with Crippen molar-refractivity contribution in [1.82, 2.24) is 19.5 Å². The fraction of sp³-hybridized carbons (Fsp3) is 0.133. The summed E-state index contributed by atoms with van der Waals surface area (Å²) in [5.74, 6) is 1.56. The lowest BCUT2D eigenvalue weighted by atomic mass is 10.3. The lowest BCUT2D eigenvalue weighted by molar-refractivity contribution is 0.171. The first-order chi connectivity index (χ1) is 12.1. The van der Waals surface area contributed by atoms with E-state index in [1.807, 2.05) is 0 Å². The van der Waals surface area contributed by atoms with E-state index in [4.69, 9.17) is 9.47 Å². The number of anilines is 1. The Morgan fingerprint density at radius 1 is 1.08 bits per heavy atom. The summed E-state index contributed by atoms with van der Waals surface area (Å²) in [7, 11) is -3.83. The van der Waals surface area contributed by atoms with Crippen LogP contribution in [-0.4, -0.2) is 41.2 Å². The summed E-state index contributed by atoms with van der Waals surface area (Å²) >= 11 is 0. The van der Waals surface area contributed by atoms with Gasteiger partial charge in [0.05, 0.1) is 4.90 Å². The molecule has 0 saturated carbocycles. The molecule has 0 bridgehead atoms. The number of nitrogens with one attached hydrogen (secondary N) is 1. The van der Waals surface area contributed by atoms with Crippen molar-refractivity contribution in [2.75, 3.05) is 17.9 Å². The van der Waals surface area contributed by atoms with E-state index < -0.39 is 10.0 Å². The first-order valence-corrected chi connectivity index (χ1v) is 8.83. The molecule has 25 heavy (non-hydrogen) atoms. The minimum absolute atomic E-state index is 0.0551. The van der Waals surface area contributed by atoms with E-state index in [2.05, 4.69) is 19.7 Å². The van der Waals surface area contributed by atoms with Crippen LogP contribution < -0.4 is 14.2 Å². The van der Waals surface area contributed by atoms with Crippen molar-refractivity contribution >= 4 is 15.8 Å². The van der Waals surface area contributed by atoms with Crippen LogP contribution in [0.1, 0.15) is 0 Å². The average molecular weight is 359 g/mol. The summed E-state index contributed by atoms with van der Waals surface area (Å²) in [6.45, 7) is 0.819. The van der Waals surface area contributed by atoms with Crippen molar-refractivity contribution in [2.24, 2.45) is 0 Å². The summed E-state index contributed by atoms with van der Waals surface area (Å²) in [5.41, 5.74) is 0. The summed E-state index contributed by atoms with van der Waals surface area (Å²) in [6, 6.07) is 5.96. The van der Waals surface area contributed by atoms with Crippen molar-refractivity contribution in [3.8, 4) is 17.3 Å². The third-order valence-electron chi connectivity index (χ3n) is 3.48. The normalized spacial score (nSPS) is 13.4. The Labute approximate surface area is 143 Å². The molecule has 0 atom stereocenters. The maximum absolute atomic E-state index is 12.6. The number of hydrogen-bond donors (Lipinski definition) is 1. The predicted molar refractivity (Wildman–Crippen MR) is 87.4 cm³/mol. The van der Waals surface area contributed by atoms with E-state index in [0.29, 0.717) is 30.5 Å². The molecule has 10 heteroatoms. The predicted octanol–water partition coefficient (Wildman–Crippen LogP) is 1.23. The second-order valence-electron chi connectivity index (χ2n) is 5.14. The topological polar surface area (TPSA) is 108 Å². The van der Waals surface area contributed by atoms with E-state index >= 15 is 0 Å². The van der Waals surface area contributed by atoms with Crippen molar-refractivity contribution in [1.29, 1.82) is 0 Å². The third kappa shape index (κ3) is 3.11. The molecule has 3 aromatic rings. The summed E-state index contributed by atoms with van der Waals surface area (Å²) in [6.07, 6.45) is 6.13. The number of ether oxygens (including phenoxy) is 2. The largest absolute Gasteiger partial charge is 0.486 e. The SMILES string of the molecule is O=S(=O)(Nc1cc(-n2ccnc2)ncn1)c1ccc2c(c1)OCCO2. The number of benzene rings is 1. The van der Waals surface area contributed by atoms with Gasteiger partial charge in [-0.05, 0) is 12.1 Å². The molecule has 3 heterocycles. The zero-order valence-electron chi connectivity index (χ0n) is 12.9. The Kier molecular flexibility index (Phi) is 3.73. The number of imidazole rings is 1. The number of fused-ring (bicyclic) bond motifs is 1. The molecule has 2 aromatic heterocycles. The van der Waals surface area contributed by atoms with Crippen LogP contribution in [-0.2, 0) is 10.0 Å². The maximum Gasteiger partial charge on any atom is 0.263 e. The third-order valence-corrected chi connectivity index (χ3v) is 4.84. The van der Waals surface area contributed by atoms with Gasteiger partial charge < -0.3 is 9.47 Å². The van der Waals surface area contributed by atoms with Gasteiger partial charge in [0.25, 0.3) is 10.0 Å². The van der Waals surface area contributed by atoms with Crippen molar-refractivity contribution in [3.05, 3.63) is 49.3 Å². The smallest absolute Gasteiger partial charge is 0.263 e. The van der Waals surface area contributed by atoms with E-state index in [-0.39, 0.29) is 10.7 Å². The molecule has 1 aliphatic rings. The van der Waals surface area contributed by atoms with Crippen molar-refractivity contribution < 1.29 is 17.9 Å². The Morgan fingerprint density at radius 2 is 1.92 bits per heavy atom. The molecule has 4 rings (SSSR count). The summed E-state index contributed by atoms with van der Waals surface area (Å²) in [5, 5.41) is 0. The number of aromatic nitrogens is 4. The zero-order chi connectivity index (χ0) is 17.3. The van der Waals surface area contributed by atoms with Gasteiger partial charge in [0.15, 0.2) is 11.5 Å². The van der Waals surface area contributed by atoms with Crippen LogP contribution in [0.3, 0.4) is 0 Å². The first-order valence-electron chi connectivity index (χ1n) is 7.35. The van der Waals surface area contributed by atoms with Crippen LogP contribution in [0.25, 0.3) is 5.82 Å². The van der Waals surface area contributed by atoms with Gasteiger partial charge in [0.1, 0.15) is 37.5 Å². The van der Waals surface area contributed by atoms with E-state index in [9.17, 15) is 8.42 Å². The Balaban J connectivity index is 1.62. The highest BCUT2D eigenvalue weighted by Gasteiger charge is 2.20.